The largest absolute Gasteiger partial charge is 0.457 e. The molecule has 2 aliphatic rings. The Kier molecular flexibility index (Phi) is 5.65. The van der Waals surface area contributed by atoms with Gasteiger partial charge in [-0.15, -0.1) is 0 Å². The van der Waals surface area contributed by atoms with E-state index in [2.05, 4.69) is 5.32 Å². The zero-order valence-electron chi connectivity index (χ0n) is 17.9. The first kappa shape index (κ1) is 20.6. The molecule has 1 heterocycles. The van der Waals surface area contributed by atoms with Crippen molar-refractivity contribution in [1.82, 2.24) is 0 Å². The van der Waals surface area contributed by atoms with Gasteiger partial charge in [0.15, 0.2) is 12.1 Å². The number of aryl methyl sites for hydroxylation is 2. The van der Waals surface area contributed by atoms with E-state index >= 15 is 0 Å². The number of quaternary nitrogens is 1. The van der Waals surface area contributed by atoms with Crippen LogP contribution in [0.15, 0.2) is 48.5 Å². The van der Waals surface area contributed by atoms with Crippen LogP contribution in [0, 0.1) is 13.8 Å². The van der Waals surface area contributed by atoms with Crippen LogP contribution in [0.25, 0.3) is 0 Å². The van der Waals surface area contributed by atoms with Crippen molar-refractivity contribution in [1.29, 1.82) is 0 Å². The van der Waals surface area contributed by atoms with Gasteiger partial charge < -0.3 is 14.5 Å². The van der Waals surface area contributed by atoms with Gasteiger partial charge in [0.1, 0.15) is 6.61 Å². The van der Waals surface area contributed by atoms with Crippen molar-refractivity contribution in [3.8, 4) is 0 Å². The number of anilines is 1. The summed E-state index contributed by atoms with van der Waals surface area (Å²) >= 11 is 0. The number of rotatable bonds is 7. The lowest BCUT2D eigenvalue weighted by Gasteiger charge is -2.40. The second-order valence-corrected chi connectivity index (χ2v) is 8.86. The van der Waals surface area contributed by atoms with E-state index in [1.54, 1.807) is 0 Å². The summed E-state index contributed by atoms with van der Waals surface area (Å²) < 4.78 is 6.13. The molecule has 1 aliphatic heterocycles. The number of ether oxygens (including phenoxy) is 1. The number of nitrogens with zero attached hydrogens (tertiary/aromatic N) is 1. The predicted octanol–water partition coefficient (Wildman–Crippen LogP) is 4.13. The third-order valence-corrected chi connectivity index (χ3v) is 6.87. The van der Waals surface area contributed by atoms with E-state index in [4.69, 9.17) is 4.74 Å². The second-order valence-electron chi connectivity index (χ2n) is 8.86. The van der Waals surface area contributed by atoms with Crippen molar-refractivity contribution >= 4 is 17.6 Å². The van der Waals surface area contributed by atoms with Crippen molar-refractivity contribution in [3.63, 3.8) is 0 Å². The van der Waals surface area contributed by atoms with Crippen molar-refractivity contribution in [3.05, 3.63) is 65.2 Å². The zero-order chi connectivity index (χ0) is 21.2. The minimum atomic E-state index is -0.503. The Morgan fingerprint density at radius 3 is 2.20 bits per heavy atom. The highest BCUT2D eigenvalue weighted by molar-refractivity contribution is 6.00. The second kappa shape index (κ2) is 8.23. The van der Waals surface area contributed by atoms with Crippen molar-refractivity contribution in [2.24, 2.45) is 0 Å². The monoisotopic (exact) mass is 407 g/mol. The number of likely N-dealkylation sites (tertiary alicyclic amines) is 1. The molecule has 0 bridgehead atoms. The lowest BCUT2D eigenvalue weighted by molar-refractivity contribution is -0.934. The molecule has 158 valence electrons. The molecule has 1 saturated heterocycles. The van der Waals surface area contributed by atoms with Crippen molar-refractivity contribution < 1.29 is 18.8 Å². The molecule has 0 radical (unpaired) electrons. The first-order valence-corrected chi connectivity index (χ1v) is 10.9. The fourth-order valence-corrected chi connectivity index (χ4v) is 4.99. The summed E-state index contributed by atoms with van der Waals surface area (Å²) in [5.74, 6) is -0.162. The third-order valence-electron chi connectivity index (χ3n) is 6.87. The Bertz CT molecular complexity index is 908. The van der Waals surface area contributed by atoms with E-state index in [9.17, 15) is 9.59 Å². The maximum Gasteiger partial charge on any atom is 0.362 e. The Morgan fingerprint density at radius 1 is 0.967 bits per heavy atom. The van der Waals surface area contributed by atoms with Gasteiger partial charge in [-0.3, -0.25) is 4.79 Å². The number of carbonyl (C=O) groups is 2. The van der Waals surface area contributed by atoms with Crippen LogP contribution in [-0.4, -0.2) is 41.5 Å². The minimum Gasteiger partial charge on any atom is -0.457 e. The van der Waals surface area contributed by atoms with Crippen LogP contribution < -0.4 is 5.32 Å². The number of amides is 1. The summed E-state index contributed by atoms with van der Waals surface area (Å²) in [7, 11) is 0. The highest BCUT2D eigenvalue weighted by atomic mass is 16.5. The molecule has 1 amide bonds. The molecule has 5 heteroatoms. The summed E-state index contributed by atoms with van der Waals surface area (Å²) in [5.41, 5.74) is 3.51. The molecule has 0 atom stereocenters. The van der Waals surface area contributed by atoms with E-state index < -0.39 is 5.54 Å². The fourth-order valence-electron chi connectivity index (χ4n) is 4.99. The highest BCUT2D eigenvalue weighted by Crippen LogP contribution is 2.50. The van der Waals surface area contributed by atoms with Gasteiger partial charge in [-0.2, -0.15) is 0 Å². The van der Waals surface area contributed by atoms with E-state index in [0.29, 0.717) is 4.48 Å². The Labute approximate surface area is 178 Å². The Morgan fingerprint density at radius 2 is 1.60 bits per heavy atom. The molecule has 2 aromatic carbocycles. The molecule has 2 fully saturated rings. The van der Waals surface area contributed by atoms with Gasteiger partial charge in [-0.25, -0.2) is 4.79 Å². The van der Waals surface area contributed by atoms with Crippen LogP contribution in [0.3, 0.4) is 0 Å². The average Bonchev–Trinajstić information content (AvgIpc) is 3.44. The molecule has 5 nitrogen and oxygen atoms in total. The third kappa shape index (κ3) is 3.86. The predicted molar refractivity (Wildman–Crippen MR) is 117 cm³/mol. The van der Waals surface area contributed by atoms with Crippen LogP contribution in [0.1, 0.15) is 42.4 Å². The van der Waals surface area contributed by atoms with E-state index in [0.717, 1.165) is 61.2 Å². The first-order valence-electron chi connectivity index (χ1n) is 10.9. The van der Waals surface area contributed by atoms with Crippen LogP contribution in [0.2, 0.25) is 0 Å². The molecule has 1 N–H and O–H groups in total. The van der Waals surface area contributed by atoms with Gasteiger partial charge in [0.25, 0.3) is 5.91 Å². The van der Waals surface area contributed by atoms with Gasteiger partial charge in [0, 0.05) is 31.4 Å². The summed E-state index contributed by atoms with van der Waals surface area (Å²) in [6.07, 6.45) is 3.75. The molecular formula is C25H31N2O3+. The molecule has 1 aliphatic carbocycles. The van der Waals surface area contributed by atoms with Crippen LogP contribution >= 0.6 is 0 Å². The smallest absolute Gasteiger partial charge is 0.362 e. The summed E-state index contributed by atoms with van der Waals surface area (Å²) in [6, 6.07) is 15.8. The van der Waals surface area contributed by atoms with Crippen LogP contribution in [0.5, 0.6) is 0 Å². The minimum absolute atomic E-state index is 0.0534. The standard InChI is InChI=1S/C25H30N2O3/c1-19-9-8-10-20(2)23(19)26-24(29)25(13-14-25)27(15-6-7-16-27)17-22(28)30-18-21-11-4-3-5-12-21/h3-5,8-12H,6-7,13-18H2,1-2H3/p+1. The molecule has 30 heavy (non-hydrogen) atoms. The van der Waals surface area contributed by atoms with E-state index in [1.165, 1.54) is 0 Å². The summed E-state index contributed by atoms with van der Waals surface area (Å²) in [6.45, 7) is 6.31. The summed E-state index contributed by atoms with van der Waals surface area (Å²) in [5, 5.41) is 3.21. The number of nitrogens with one attached hydrogen (secondary N) is 1. The normalized spacial score (nSPS) is 18.6. The van der Waals surface area contributed by atoms with Gasteiger partial charge >= 0.3 is 5.97 Å². The Balaban J connectivity index is 1.48. The topological polar surface area (TPSA) is 55.4 Å². The molecule has 0 spiro atoms. The van der Waals surface area contributed by atoms with E-state index in [-0.39, 0.29) is 25.0 Å². The summed E-state index contributed by atoms with van der Waals surface area (Å²) in [4.78, 5) is 26.2. The maximum absolute atomic E-state index is 13.5. The zero-order valence-corrected chi connectivity index (χ0v) is 17.9. The fraction of sp³-hybridized carbons (Fsp3) is 0.440. The number of esters is 1. The molecule has 0 aromatic heterocycles. The number of benzene rings is 2. The maximum atomic E-state index is 13.5. The number of hydrogen-bond acceptors (Lipinski definition) is 3. The lowest BCUT2D eigenvalue weighted by atomic mass is 10.1. The lowest BCUT2D eigenvalue weighted by Crippen LogP contribution is -2.62. The molecule has 1 saturated carbocycles. The molecule has 4 rings (SSSR count). The molecular weight excluding hydrogens is 376 g/mol. The number of para-hydroxylation sites is 1. The molecule has 2 aromatic rings. The van der Waals surface area contributed by atoms with Crippen LogP contribution in [0.4, 0.5) is 5.69 Å². The SMILES string of the molecule is Cc1cccc(C)c1NC(=O)C1([N+]2(CC(=O)OCc3ccccc3)CCCC2)CC1. The van der Waals surface area contributed by atoms with Crippen molar-refractivity contribution in [2.45, 2.75) is 51.7 Å². The number of carbonyl (C=O) groups excluding carboxylic acids is 2. The average molecular weight is 408 g/mol. The van der Waals surface area contributed by atoms with E-state index in [1.807, 2.05) is 62.4 Å². The van der Waals surface area contributed by atoms with Crippen LogP contribution in [-0.2, 0) is 20.9 Å². The van der Waals surface area contributed by atoms with Crippen molar-refractivity contribution in [2.75, 3.05) is 25.0 Å². The Hall–Kier alpha value is -2.66. The van der Waals surface area contributed by atoms with Gasteiger partial charge in [0.05, 0.1) is 13.1 Å². The van der Waals surface area contributed by atoms with Gasteiger partial charge in [-0.05, 0) is 30.5 Å². The quantitative estimate of drug-likeness (QED) is 0.555. The van der Waals surface area contributed by atoms with Gasteiger partial charge in [0.2, 0.25) is 0 Å². The highest BCUT2D eigenvalue weighted by Gasteiger charge is 2.67. The van der Waals surface area contributed by atoms with Gasteiger partial charge in [-0.1, -0.05) is 48.5 Å². The molecule has 0 unspecified atom stereocenters. The number of hydrogen-bond donors (Lipinski definition) is 1. The first-order chi connectivity index (χ1) is 14.5.